The fraction of sp³-hybridized carbons (Fsp3) is 0.267. The molecule has 0 aliphatic heterocycles. The van der Waals surface area contributed by atoms with Crippen LogP contribution >= 0.6 is 31.9 Å². The van der Waals surface area contributed by atoms with E-state index < -0.39 is 5.60 Å². The summed E-state index contributed by atoms with van der Waals surface area (Å²) < 4.78 is 1.90. The van der Waals surface area contributed by atoms with Gasteiger partial charge in [-0.15, -0.1) is 0 Å². The van der Waals surface area contributed by atoms with Crippen molar-refractivity contribution < 1.29 is 5.11 Å². The molecule has 1 aromatic carbocycles. The van der Waals surface area contributed by atoms with Gasteiger partial charge in [-0.3, -0.25) is 4.98 Å². The molecule has 0 amide bonds. The number of benzene rings is 1. The van der Waals surface area contributed by atoms with Crippen molar-refractivity contribution in [2.24, 2.45) is 0 Å². The van der Waals surface area contributed by atoms with Crippen LogP contribution in [-0.2, 0) is 12.0 Å². The fourth-order valence-electron chi connectivity index (χ4n) is 2.10. The molecule has 100 valence electrons. The van der Waals surface area contributed by atoms with Gasteiger partial charge in [0, 0.05) is 27.8 Å². The van der Waals surface area contributed by atoms with Crippen LogP contribution in [0.5, 0.6) is 0 Å². The molecule has 0 fully saturated rings. The minimum absolute atomic E-state index is 0.548. The Morgan fingerprint density at radius 3 is 2.58 bits per heavy atom. The van der Waals surface area contributed by atoms with Gasteiger partial charge in [0.05, 0.1) is 5.60 Å². The number of rotatable bonds is 4. The first-order valence-electron chi connectivity index (χ1n) is 6.11. The quantitative estimate of drug-likeness (QED) is 0.844. The molecule has 2 rings (SSSR count). The summed E-state index contributed by atoms with van der Waals surface area (Å²) in [7, 11) is 0. The summed E-state index contributed by atoms with van der Waals surface area (Å²) in [4.78, 5) is 4.15. The molecule has 0 aliphatic carbocycles. The third-order valence-electron chi connectivity index (χ3n) is 3.20. The van der Waals surface area contributed by atoms with Gasteiger partial charge in [-0.25, -0.2) is 0 Å². The highest BCUT2D eigenvalue weighted by Crippen LogP contribution is 2.31. The molecule has 0 spiro atoms. The molecule has 1 aromatic heterocycles. The summed E-state index contributed by atoms with van der Waals surface area (Å²) in [6.07, 6.45) is 4.74. The lowest BCUT2D eigenvalue weighted by molar-refractivity contribution is 0.0326. The Morgan fingerprint density at radius 1 is 1.16 bits per heavy atom. The molecule has 0 aliphatic rings. The van der Waals surface area contributed by atoms with E-state index in [2.05, 4.69) is 36.8 Å². The minimum atomic E-state index is -0.869. The van der Waals surface area contributed by atoms with Gasteiger partial charge in [-0.2, -0.15) is 0 Å². The zero-order chi connectivity index (χ0) is 13.9. The molecule has 2 aromatic rings. The Hall–Kier alpha value is -0.710. The van der Waals surface area contributed by atoms with Gasteiger partial charge in [-0.1, -0.05) is 35.0 Å². The largest absolute Gasteiger partial charge is 0.385 e. The number of aliphatic hydroxyl groups is 1. The summed E-state index contributed by atoms with van der Waals surface area (Å²) in [5, 5.41) is 10.9. The van der Waals surface area contributed by atoms with Crippen molar-refractivity contribution in [2.45, 2.75) is 25.4 Å². The predicted octanol–water partition coefficient (Wildman–Crippen LogP) is 4.45. The van der Waals surface area contributed by atoms with Gasteiger partial charge in [0.2, 0.25) is 0 Å². The Kier molecular flexibility index (Phi) is 4.76. The molecule has 1 unspecified atom stereocenters. The third-order valence-corrected chi connectivity index (χ3v) is 4.13. The average Bonchev–Trinajstić information content (AvgIpc) is 2.38. The molecule has 0 saturated carbocycles. The maximum atomic E-state index is 10.9. The molecule has 19 heavy (non-hydrogen) atoms. The lowest BCUT2D eigenvalue weighted by Crippen LogP contribution is -2.27. The molecular formula is C15H15Br2NO. The van der Waals surface area contributed by atoms with E-state index in [-0.39, 0.29) is 0 Å². The second-order valence-corrected chi connectivity index (χ2v) is 6.42. The van der Waals surface area contributed by atoms with Crippen LogP contribution in [0.15, 0.2) is 51.7 Å². The van der Waals surface area contributed by atoms with Gasteiger partial charge >= 0.3 is 0 Å². The summed E-state index contributed by atoms with van der Waals surface area (Å²) in [5.74, 6) is 0. The van der Waals surface area contributed by atoms with Gasteiger partial charge in [0.25, 0.3) is 0 Å². The van der Waals surface area contributed by atoms with E-state index in [4.69, 9.17) is 0 Å². The summed E-state index contributed by atoms with van der Waals surface area (Å²) >= 11 is 6.86. The van der Waals surface area contributed by atoms with Crippen LogP contribution in [0.2, 0.25) is 0 Å². The van der Waals surface area contributed by atoms with Crippen molar-refractivity contribution in [3.63, 3.8) is 0 Å². The second kappa shape index (κ2) is 6.16. The molecule has 0 radical (unpaired) electrons. The van der Waals surface area contributed by atoms with Gasteiger partial charge < -0.3 is 5.11 Å². The van der Waals surface area contributed by atoms with E-state index in [1.54, 1.807) is 12.4 Å². The number of pyridine rings is 1. The zero-order valence-electron chi connectivity index (χ0n) is 10.6. The van der Waals surface area contributed by atoms with Crippen molar-refractivity contribution in [3.05, 3.63) is 62.8 Å². The molecule has 4 heteroatoms. The lowest BCUT2D eigenvalue weighted by atomic mass is 9.85. The molecule has 0 bridgehead atoms. The Balaban J connectivity index is 2.32. The average molecular weight is 385 g/mol. The van der Waals surface area contributed by atoms with E-state index >= 15 is 0 Å². The first-order chi connectivity index (χ1) is 9.03. The first-order valence-corrected chi connectivity index (χ1v) is 7.70. The van der Waals surface area contributed by atoms with E-state index in [0.717, 1.165) is 20.1 Å². The lowest BCUT2D eigenvalue weighted by Gasteiger charge is -2.27. The highest BCUT2D eigenvalue weighted by atomic mass is 79.9. The van der Waals surface area contributed by atoms with Crippen LogP contribution in [0.3, 0.4) is 0 Å². The van der Waals surface area contributed by atoms with Crippen LogP contribution < -0.4 is 0 Å². The molecule has 1 atom stereocenters. The van der Waals surface area contributed by atoms with Crippen LogP contribution in [-0.4, -0.2) is 10.1 Å². The van der Waals surface area contributed by atoms with Gasteiger partial charge in [-0.05, 0) is 51.7 Å². The van der Waals surface area contributed by atoms with E-state index in [1.807, 2.05) is 37.3 Å². The zero-order valence-corrected chi connectivity index (χ0v) is 13.8. The van der Waals surface area contributed by atoms with Crippen LogP contribution in [0.25, 0.3) is 0 Å². The van der Waals surface area contributed by atoms with Crippen LogP contribution in [0.4, 0.5) is 0 Å². The van der Waals surface area contributed by atoms with Crippen LogP contribution in [0.1, 0.15) is 24.5 Å². The summed E-state index contributed by atoms with van der Waals surface area (Å²) in [6.45, 7) is 1.99. The molecule has 1 heterocycles. The van der Waals surface area contributed by atoms with E-state index in [9.17, 15) is 5.11 Å². The number of aromatic nitrogens is 1. The molecular weight excluding hydrogens is 370 g/mol. The van der Waals surface area contributed by atoms with E-state index in [0.29, 0.717) is 12.8 Å². The molecule has 2 nitrogen and oxygen atoms in total. The Bertz CT molecular complexity index is 574. The Labute approximate surface area is 130 Å². The van der Waals surface area contributed by atoms with Crippen molar-refractivity contribution in [3.8, 4) is 0 Å². The maximum absolute atomic E-state index is 10.9. The normalized spacial score (nSPS) is 14.1. The van der Waals surface area contributed by atoms with Crippen LogP contribution in [0, 0.1) is 0 Å². The SMILES string of the molecule is CCC(O)(Cc1cncc(Br)c1)c1cccc(Br)c1. The summed E-state index contributed by atoms with van der Waals surface area (Å²) in [5.41, 5.74) is 1.06. The van der Waals surface area contributed by atoms with Crippen molar-refractivity contribution in [2.75, 3.05) is 0 Å². The van der Waals surface area contributed by atoms with E-state index in [1.165, 1.54) is 0 Å². The van der Waals surface area contributed by atoms with Crippen molar-refractivity contribution in [1.82, 2.24) is 4.98 Å². The fourth-order valence-corrected chi connectivity index (χ4v) is 2.91. The third kappa shape index (κ3) is 3.65. The topological polar surface area (TPSA) is 33.1 Å². The Morgan fingerprint density at radius 2 is 1.95 bits per heavy atom. The standard InChI is InChI=1S/C15H15Br2NO/c1-2-15(19,12-4-3-5-13(16)7-12)8-11-6-14(17)10-18-9-11/h3-7,9-10,19H,2,8H2,1H3. The number of halogens is 2. The predicted molar refractivity (Wildman–Crippen MR) is 84.0 cm³/mol. The highest BCUT2D eigenvalue weighted by molar-refractivity contribution is 9.10. The number of hydrogen-bond donors (Lipinski definition) is 1. The number of hydrogen-bond acceptors (Lipinski definition) is 2. The monoisotopic (exact) mass is 383 g/mol. The number of nitrogens with zero attached hydrogens (tertiary/aromatic N) is 1. The minimum Gasteiger partial charge on any atom is -0.385 e. The molecule has 0 saturated heterocycles. The van der Waals surface area contributed by atoms with Gasteiger partial charge in [0.1, 0.15) is 0 Å². The highest BCUT2D eigenvalue weighted by Gasteiger charge is 2.27. The van der Waals surface area contributed by atoms with Crippen molar-refractivity contribution in [1.29, 1.82) is 0 Å². The van der Waals surface area contributed by atoms with Crippen molar-refractivity contribution >= 4 is 31.9 Å². The summed E-state index contributed by atoms with van der Waals surface area (Å²) in [6, 6.07) is 9.82. The maximum Gasteiger partial charge on any atom is 0.0935 e. The second-order valence-electron chi connectivity index (χ2n) is 4.58. The first kappa shape index (κ1) is 14.7. The van der Waals surface area contributed by atoms with Gasteiger partial charge in [0.15, 0.2) is 0 Å². The smallest absolute Gasteiger partial charge is 0.0935 e. The molecule has 1 N–H and O–H groups in total.